The van der Waals surface area contributed by atoms with Crippen LogP contribution in [0.3, 0.4) is 0 Å². The first-order valence-corrected chi connectivity index (χ1v) is 7.42. The average Bonchev–Trinajstić information content (AvgIpc) is 2.56. The van der Waals surface area contributed by atoms with Gasteiger partial charge in [0.25, 0.3) is 5.91 Å². The van der Waals surface area contributed by atoms with Crippen LogP contribution in [-0.4, -0.2) is 34.1 Å². The third kappa shape index (κ3) is 4.92. The fourth-order valence-corrected chi connectivity index (χ4v) is 2.26. The molecule has 5 nitrogen and oxygen atoms in total. The van der Waals surface area contributed by atoms with Gasteiger partial charge in [-0.25, -0.2) is 0 Å². The number of aryl methyl sites for hydroxylation is 1. The Morgan fingerprint density at radius 1 is 1.09 bits per heavy atom. The number of nitrogens with one attached hydrogen (secondary N) is 1. The van der Waals surface area contributed by atoms with Crippen LogP contribution in [0.2, 0.25) is 0 Å². The Balaban J connectivity index is 2.04. The number of aliphatic hydroxyl groups is 1. The molecule has 0 aliphatic rings. The Kier molecular flexibility index (Phi) is 5.93. The van der Waals surface area contributed by atoms with Crippen LogP contribution in [0.1, 0.15) is 22.8 Å². The Morgan fingerprint density at radius 3 is 2.26 bits per heavy atom. The van der Waals surface area contributed by atoms with Crippen molar-refractivity contribution in [3.63, 3.8) is 0 Å². The molecule has 0 spiro atoms. The van der Waals surface area contributed by atoms with Gasteiger partial charge in [0.15, 0.2) is 6.10 Å². The fraction of sp³-hybridized carbons (Fsp3) is 0.235. The van der Waals surface area contributed by atoms with Crippen molar-refractivity contribution in [2.75, 3.05) is 0 Å². The summed E-state index contributed by atoms with van der Waals surface area (Å²) >= 11 is 0. The number of benzene rings is 2. The molecule has 0 radical (unpaired) electrons. The second-order valence-electron chi connectivity index (χ2n) is 5.53. The monoisotopic (exact) mass is 313 g/mol. The number of hydrogen-bond acceptors (Lipinski definition) is 4. The normalized spacial score (nSPS) is 13.2. The molecule has 0 heterocycles. The van der Waals surface area contributed by atoms with Crippen LogP contribution in [0.25, 0.3) is 0 Å². The topological polar surface area (TPSA) is 89.8 Å². The molecule has 2 atom stereocenters. The predicted octanol–water partition coefficient (Wildman–Crippen LogP) is 0.768. The predicted molar refractivity (Wildman–Crippen MR) is 88.4 cm³/mol. The Hall–Kier alpha value is -2.15. The summed E-state index contributed by atoms with van der Waals surface area (Å²) in [5.41, 5.74) is 2.41. The lowest BCUT2D eigenvalue weighted by atomic mass is 9.75. The van der Waals surface area contributed by atoms with Crippen LogP contribution in [0.5, 0.6) is 0 Å². The van der Waals surface area contributed by atoms with E-state index in [9.17, 15) is 19.9 Å². The number of carbonyl (C=O) groups excluding carboxylic acids is 1. The highest BCUT2D eigenvalue weighted by Gasteiger charge is 2.28. The van der Waals surface area contributed by atoms with Crippen LogP contribution in [0.15, 0.2) is 54.6 Å². The average molecular weight is 313 g/mol. The molecular weight excluding hydrogens is 293 g/mol. The van der Waals surface area contributed by atoms with Crippen LogP contribution in [0, 0.1) is 6.92 Å². The molecule has 0 fully saturated rings. The molecule has 2 aromatic carbocycles. The molecule has 4 N–H and O–H groups in total. The Morgan fingerprint density at radius 2 is 1.70 bits per heavy atom. The van der Waals surface area contributed by atoms with Crippen molar-refractivity contribution in [2.45, 2.75) is 25.4 Å². The maximum absolute atomic E-state index is 12.1. The van der Waals surface area contributed by atoms with E-state index in [4.69, 9.17) is 0 Å². The van der Waals surface area contributed by atoms with Crippen LogP contribution < -0.4 is 5.32 Å². The van der Waals surface area contributed by atoms with Gasteiger partial charge in [-0.1, -0.05) is 60.2 Å². The lowest BCUT2D eigenvalue weighted by Crippen LogP contribution is -2.49. The summed E-state index contributed by atoms with van der Waals surface area (Å²) in [4.78, 5) is 12.1. The van der Waals surface area contributed by atoms with Crippen molar-refractivity contribution in [1.82, 2.24) is 5.32 Å². The second kappa shape index (κ2) is 7.92. The van der Waals surface area contributed by atoms with Crippen LogP contribution >= 0.6 is 0 Å². The van der Waals surface area contributed by atoms with E-state index in [0.717, 1.165) is 11.1 Å². The second-order valence-corrected chi connectivity index (χ2v) is 5.53. The summed E-state index contributed by atoms with van der Waals surface area (Å²) in [5.74, 6) is -1.56. The molecule has 2 rings (SSSR count). The standard InChI is InChI=1S/C17H20BNO4/c1-12-7-9-13(10-8-12)11-15(18(22)23)19-17(21)16(20)14-5-3-2-4-6-14/h2-10,15-16,20,22-23H,11H2,1H3,(H,19,21)/t15-,16-/m0/s1. The van der Waals surface area contributed by atoms with Crippen molar-refractivity contribution in [3.05, 3.63) is 71.3 Å². The number of amides is 1. The van der Waals surface area contributed by atoms with Crippen molar-refractivity contribution < 1.29 is 19.9 Å². The van der Waals surface area contributed by atoms with Crippen molar-refractivity contribution in [3.8, 4) is 0 Å². The molecule has 0 saturated heterocycles. The fourth-order valence-electron chi connectivity index (χ4n) is 2.26. The summed E-state index contributed by atoms with van der Waals surface area (Å²) in [6.07, 6.45) is -1.10. The van der Waals surface area contributed by atoms with Gasteiger partial charge in [-0.2, -0.15) is 0 Å². The van der Waals surface area contributed by atoms with Crippen molar-refractivity contribution >= 4 is 13.0 Å². The number of carbonyl (C=O) groups is 1. The Labute approximate surface area is 135 Å². The van der Waals surface area contributed by atoms with E-state index in [0.29, 0.717) is 5.56 Å². The molecule has 0 aliphatic carbocycles. The minimum absolute atomic E-state index is 0.255. The van der Waals surface area contributed by atoms with Crippen molar-refractivity contribution in [2.24, 2.45) is 0 Å². The third-order valence-electron chi connectivity index (χ3n) is 3.63. The molecule has 120 valence electrons. The Bertz CT molecular complexity index is 631. The van der Waals surface area contributed by atoms with E-state index < -0.39 is 25.1 Å². The molecule has 0 bridgehead atoms. The molecular formula is C17H20BNO4. The largest absolute Gasteiger partial charge is 0.475 e. The first kappa shape index (κ1) is 17.2. The van der Waals surface area contributed by atoms with Gasteiger partial charge in [-0.05, 0) is 24.5 Å². The highest BCUT2D eigenvalue weighted by atomic mass is 16.4. The van der Waals surface area contributed by atoms with Gasteiger partial charge < -0.3 is 20.5 Å². The quantitative estimate of drug-likeness (QED) is 0.593. The van der Waals surface area contributed by atoms with E-state index in [2.05, 4.69) is 5.32 Å². The molecule has 0 aliphatic heterocycles. The van der Waals surface area contributed by atoms with Gasteiger partial charge in [0.1, 0.15) is 0 Å². The van der Waals surface area contributed by atoms with E-state index in [1.807, 2.05) is 31.2 Å². The van der Waals surface area contributed by atoms with Gasteiger partial charge in [0.05, 0.1) is 5.94 Å². The molecule has 2 aromatic rings. The third-order valence-corrected chi connectivity index (χ3v) is 3.63. The highest BCUT2D eigenvalue weighted by Crippen LogP contribution is 2.13. The van der Waals surface area contributed by atoms with Gasteiger partial charge in [0.2, 0.25) is 0 Å². The molecule has 6 heteroatoms. The van der Waals surface area contributed by atoms with Gasteiger partial charge in [-0.15, -0.1) is 0 Å². The molecule has 0 saturated carbocycles. The first-order chi connectivity index (χ1) is 11.0. The number of rotatable bonds is 6. The van der Waals surface area contributed by atoms with Gasteiger partial charge in [0, 0.05) is 0 Å². The van der Waals surface area contributed by atoms with E-state index >= 15 is 0 Å². The summed E-state index contributed by atoms with van der Waals surface area (Å²) in [6.45, 7) is 1.96. The first-order valence-electron chi connectivity index (χ1n) is 7.42. The van der Waals surface area contributed by atoms with E-state index in [1.165, 1.54) is 0 Å². The lowest BCUT2D eigenvalue weighted by Gasteiger charge is -2.20. The lowest BCUT2D eigenvalue weighted by molar-refractivity contribution is -0.130. The zero-order valence-electron chi connectivity index (χ0n) is 12.9. The summed E-state index contributed by atoms with van der Waals surface area (Å²) in [7, 11) is -1.72. The summed E-state index contributed by atoms with van der Waals surface area (Å²) in [5, 5.41) is 31.5. The molecule has 23 heavy (non-hydrogen) atoms. The van der Waals surface area contributed by atoms with Crippen molar-refractivity contribution in [1.29, 1.82) is 0 Å². The minimum atomic E-state index is -1.72. The van der Waals surface area contributed by atoms with Crippen LogP contribution in [0.4, 0.5) is 0 Å². The van der Waals surface area contributed by atoms with Crippen LogP contribution in [-0.2, 0) is 11.2 Å². The SMILES string of the molecule is Cc1ccc(C[C@H](NC(=O)[C@@H](O)c2ccccc2)B(O)O)cc1. The smallest absolute Gasteiger partial charge is 0.426 e. The summed E-state index contributed by atoms with van der Waals surface area (Å²) < 4.78 is 0. The van der Waals surface area contributed by atoms with Gasteiger partial charge in [-0.3, -0.25) is 4.79 Å². The minimum Gasteiger partial charge on any atom is -0.426 e. The maximum atomic E-state index is 12.1. The summed E-state index contributed by atoms with van der Waals surface area (Å²) in [6, 6.07) is 16.0. The number of hydrogen-bond donors (Lipinski definition) is 4. The molecule has 0 aromatic heterocycles. The highest BCUT2D eigenvalue weighted by molar-refractivity contribution is 6.43. The maximum Gasteiger partial charge on any atom is 0.475 e. The van der Waals surface area contributed by atoms with E-state index in [-0.39, 0.29) is 6.42 Å². The zero-order chi connectivity index (χ0) is 16.8. The molecule has 1 amide bonds. The molecule has 0 unspecified atom stereocenters. The zero-order valence-corrected chi connectivity index (χ0v) is 12.9. The van der Waals surface area contributed by atoms with Gasteiger partial charge >= 0.3 is 7.12 Å². The number of aliphatic hydroxyl groups excluding tert-OH is 1. The van der Waals surface area contributed by atoms with E-state index in [1.54, 1.807) is 30.3 Å².